The van der Waals surface area contributed by atoms with Gasteiger partial charge in [0.2, 0.25) is 9.84 Å². The fraction of sp³-hybridized carbons (Fsp3) is 0.538. The zero-order valence-electron chi connectivity index (χ0n) is 11.0. The molecule has 1 saturated heterocycles. The second-order valence-corrected chi connectivity index (χ2v) is 6.80. The summed E-state index contributed by atoms with van der Waals surface area (Å²) in [6, 6.07) is 5.84. The normalized spacial score (nSPS) is 20.4. The van der Waals surface area contributed by atoms with E-state index in [4.69, 9.17) is 5.73 Å². The van der Waals surface area contributed by atoms with Crippen molar-refractivity contribution in [1.82, 2.24) is 0 Å². The molecule has 0 spiro atoms. The third-order valence-electron chi connectivity index (χ3n) is 3.63. The Hall–Kier alpha value is -1.21. The number of hydrogen-bond acceptors (Lipinski definition) is 4. The highest BCUT2D eigenvalue weighted by atomic mass is 32.2. The average molecular weight is 304 g/mol. The van der Waals surface area contributed by atoms with Gasteiger partial charge in [-0.2, -0.15) is 8.78 Å². The second-order valence-electron chi connectivity index (χ2n) is 4.88. The van der Waals surface area contributed by atoms with Crippen molar-refractivity contribution >= 4 is 15.5 Å². The van der Waals surface area contributed by atoms with E-state index in [-0.39, 0.29) is 10.9 Å². The van der Waals surface area contributed by atoms with E-state index in [1.807, 2.05) is 0 Å². The van der Waals surface area contributed by atoms with Gasteiger partial charge >= 0.3 is 5.76 Å². The van der Waals surface area contributed by atoms with Crippen molar-refractivity contribution in [2.75, 3.05) is 18.0 Å². The molecule has 1 aromatic carbocycles. The molecule has 0 bridgehead atoms. The molecule has 1 atom stereocenters. The first-order valence-electron chi connectivity index (χ1n) is 6.55. The van der Waals surface area contributed by atoms with E-state index >= 15 is 0 Å². The van der Waals surface area contributed by atoms with Crippen LogP contribution in [-0.2, 0) is 9.84 Å². The van der Waals surface area contributed by atoms with Crippen molar-refractivity contribution in [3.8, 4) is 0 Å². The van der Waals surface area contributed by atoms with E-state index in [1.165, 1.54) is 12.1 Å². The van der Waals surface area contributed by atoms with Crippen molar-refractivity contribution in [2.45, 2.75) is 36.0 Å². The summed E-state index contributed by atoms with van der Waals surface area (Å²) >= 11 is 0. The highest BCUT2D eigenvalue weighted by Gasteiger charge is 2.27. The van der Waals surface area contributed by atoms with Gasteiger partial charge < -0.3 is 10.6 Å². The number of anilines is 1. The minimum atomic E-state index is -4.52. The van der Waals surface area contributed by atoms with Gasteiger partial charge in [0.05, 0.1) is 4.90 Å². The van der Waals surface area contributed by atoms with Gasteiger partial charge in [-0.3, -0.25) is 0 Å². The molecule has 1 aromatic rings. The van der Waals surface area contributed by atoms with Crippen LogP contribution in [0.25, 0.3) is 0 Å². The van der Waals surface area contributed by atoms with Gasteiger partial charge in [0.15, 0.2) is 0 Å². The van der Waals surface area contributed by atoms with E-state index in [0.717, 1.165) is 31.5 Å². The molecule has 1 unspecified atom stereocenters. The van der Waals surface area contributed by atoms with Crippen LogP contribution in [-0.4, -0.2) is 33.3 Å². The van der Waals surface area contributed by atoms with E-state index < -0.39 is 15.6 Å². The summed E-state index contributed by atoms with van der Waals surface area (Å²) in [6.45, 7) is 1.37. The zero-order chi connectivity index (χ0) is 14.8. The zero-order valence-corrected chi connectivity index (χ0v) is 11.8. The van der Waals surface area contributed by atoms with Crippen LogP contribution in [0.1, 0.15) is 19.3 Å². The van der Waals surface area contributed by atoms with E-state index in [0.29, 0.717) is 6.54 Å². The Labute approximate surface area is 117 Å². The molecule has 0 saturated carbocycles. The minimum absolute atomic E-state index is 0.223. The van der Waals surface area contributed by atoms with Crippen LogP contribution in [0.15, 0.2) is 29.2 Å². The van der Waals surface area contributed by atoms with Gasteiger partial charge in [-0.05, 0) is 43.5 Å². The third-order valence-corrected chi connectivity index (χ3v) is 5.03. The molecular weight excluding hydrogens is 286 g/mol. The average Bonchev–Trinajstić information content (AvgIpc) is 2.47. The summed E-state index contributed by atoms with van der Waals surface area (Å²) in [7, 11) is -4.52. The molecule has 2 N–H and O–H groups in total. The monoisotopic (exact) mass is 304 g/mol. The van der Waals surface area contributed by atoms with Crippen LogP contribution >= 0.6 is 0 Å². The molecule has 1 aliphatic heterocycles. The lowest BCUT2D eigenvalue weighted by Gasteiger charge is -2.37. The predicted molar refractivity (Wildman–Crippen MR) is 73.7 cm³/mol. The van der Waals surface area contributed by atoms with E-state index in [9.17, 15) is 17.2 Å². The lowest BCUT2D eigenvalue weighted by atomic mass is 10.0. The second kappa shape index (κ2) is 6.05. The first kappa shape index (κ1) is 15.2. The number of piperidine rings is 1. The smallest absolute Gasteiger partial charge is 0.341 e. The summed E-state index contributed by atoms with van der Waals surface area (Å²) in [6.07, 6.45) is 3.16. The summed E-state index contributed by atoms with van der Waals surface area (Å²) < 4.78 is 47.6. The molecule has 0 aliphatic carbocycles. The Balaban J connectivity index is 2.24. The number of benzene rings is 1. The summed E-state index contributed by atoms with van der Waals surface area (Å²) in [5.74, 6) is -3.39. The van der Waals surface area contributed by atoms with Gasteiger partial charge in [0, 0.05) is 24.8 Å². The van der Waals surface area contributed by atoms with Crippen molar-refractivity contribution in [2.24, 2.45) is 5.73 Å². The van der Waals surface area contributed by atoms with Crippen molar-refractivity contribution in [1.29, 1.82) is 0 Å². The standard InChI is InChI=1S/C13H18F2N2O2S/c14-13(15)20(18,19)12-6-4-10(5-7-12)17-8-2-1-3-11(17)9-16/h4-7,11,13H,1-3,8-9,16H2. The predicted octanol–water partition coefficient (Wildman–Crippen LogP) is 2.00. The maximum Gasteiger partial charge on any atom is 0.341 e. The van der Waals surface area contributed by atoms with Gasteiger partial charge in [-0.1, -0.05) is 0 Å². The third kappa shape index (κ3) is 2.93. The molecule has 112 valence electrons. The lowest BCUT2D eigenvalue weighted by Crippen LogP contribution is -2.44. The molecule has 1 aliphatic rings. The van der Waals surface area contributed by atoms with Gasteiger partial charge in [0.1, 0.15) is 0 Å². The SMILES string of the molecule is NCC1CCCCN1c1ccc(S(=O)(=O)C(F)F)cc1. The summed E-state index contributed by atoms with van der Waals surface area (Å²) in [5.41, 5.74) is 6.56. The number of alkyl halides is 2. The molecule has 0 radical (unpaired) electrons. The quantitative estimate of drug-likeness (QED) is 0.924. The Kier molecular flexibility index (Phi) is 4.59. The molecule has 7 heteroatoms. The Morgan fingerprint density at radius 1 is 1.25 bits per heavy atom. The van der Waals surface area contributed by atoms with Crippen LogP contribution in [0.5, 0.6) is 0 Å². The van der Waals surface area contributed by atoms with Crippen LogP contribution in [0.2, 0.25) is 0 Å². The molecule has 4 nitrogen and oxygen atoms in total. The number of halogens is 2. The lowest BCUT2D eigenvalue weighted by molar-refractivity contribution is 0.234. The number of rotatable bonds is 4. The molecule has 0 amide bonds. The van der Waals surface area contributed by atoms with E-state index in [1.54, 1.807) is 12.1 Å². The number of sulfone groups is 1. The highest BCUT2D eigenvalue weighted by molar-refractivity contribution is 7.91. The van der Waals surface area contributed by atoms with Crippen LogP contribution in [0.3, 0.4) is 0 Å². The molecule has 1 heterocycles. The molecular formula is C13H18F2N2O2S. The van der Waals surface area contributed by atoms with Crippen LogP contribution < -0.4 is 10.6 Å². The van der Waals surface area contributed by atoms with Crippen LogP contribution in [0.4, 0.5) is 14.5 Å². The van der Waals surface area contributed by atoms with Gasteiger partial charge in [-0.15, -0.1) is 0 Å². The number of hydrogen-bond donors (Lipinski definition) is 1. The molecule has 2 rings (SSSR count). The van der Waals surface area contributed by atoms with Crippen molar-refractivity contribution < 1.29 is 17.2 Å². The van der Waals surface area contributed by atoms with E-state index in [2.05, 4.69) is 4.90 Å². The topological polar surface area (TPSA) is 63.4 Å². The fourth-order valence-corrected chi connectivity index (χ4v) is 3.24. The van der Waals surface area contributed by atoms with Crippen LogP contribution in [0, 0.1) is 0 Å². The Morgan fingerprint density at radius 3 is 2.45 bits per heavy atom. The van der Waals surface area contributed by atoms with Gasteiger partial charge in [-0.25, -0.2) is 8.42 Å². The minimum Gasteiger partial charge on any atom is -0.367 e. The fourth-order valence-electron chi connectivity index (χ4n) is 2.52. The summed E-state index contributed by atoms with van der Waals surface area (Å²) in [5, 5.41) is 0. The summed E-state index contributed by atoms with van der Waals surface area (Å²) in [4.78, 5) is 1.76. The maximum absolute atomic E-state index is 12.5. The van der Waals surface area contributed by atoms with Crippen molar-refractivity contribution in [3.63, 3.8) is 0 Å². The van der Waals surface area contributed by atoms with Gasteiger partial charge in [0.25, 0.3) is 0 Å². The largest absolute Gasteiger partial charge is 0.367 e. The Bertz CT molecular complexity index is 546. The Morgan fingerprint density at radius 2 is 1.90 bits per heavy atom. The highest BCUT2D eigenvalue weighted by Crippen LogP contribution is 2.26. The first-order valence-corrected chi connectivity index (χ1v) is 8.10. The maximum atomic E-state index is 12.5. The molecule has 0 aromatic heterocycles. The molecule has 20 heavy (non-hydrogen) atoms. The first-order chi connectivity index (χ1) is 9.46. The molecule has 1 fully saturated rings. The van der Waals surface area contributed by atoms with Crippen molar-refractivity contribution in [3.05, 3.63) is 24.3 Å². The number of nitrogens with two attached hydrogens (primary N) is 1. The number of nitrogens with zero attached hydrogens (tertiary/aromatic N) is 1.